The number of nitro benzene ring substituents is 1. The van der Waals surface area contributed by atoms with Crippen molar-refractivity contribution in [1.82, 2.24) is 15.5 Å². The molecule has 1 fully saturated rings. The third-order valence-electron chi connectivity index (χ3n) is 6.30. The van der Waals surface area contributed by atoms with Crippen LogP contribution < -0.4 is 10.6 Å². The highest BCUT2D eigenvalue weighted by molar-refractivity contribution is 7.80. The van der Waals surface area contributed by atoms with Crippen LogP contribution in [0.15, 0.2) is 36.4 Å². The number of hydrogen-bond acceptors (Lipinski definition) is 7. The zero-order chi connectivity index (χ0) is 30.5. The smallest absolute Gasteiger partial charge is 0.345 e. The van der Waals surface area contributed by atoms with Gasteiger partial charge in [-0.05, 0) is 69.0 Å². The highest BCUT2D eigenvalue weighted by Crippen LogP contribution is 2.29. The first-order valence-electron chi connectivity index (χ1n) is 13.0. The van der Waals surface area contributed by atoms with E-state index in [-0.39, 0.29) is 35.6 Å². The van der Waals surface area contributed by atoms with Crippen LogP contribution in [0.25, 0.3) is 0 Å². The van der Waals surface area contributed by atoms with Gasteiger partial charge >= 0.3 is 12.0 Å². The minimum atomic E-state index is -0.853. The van der Waals surface area contributed by atoms with Crippen LogP contribution in [0.1, 0.15) is 68.1 Å². The molecule has 3 rings (SSSR count). The Morgan fingerprint density at radius 3 is 2.63 bits per heavy atom. The molecule has 0 aromatic heterocycles. The number of nitro groups is 1. The monoisotopic (exact) mass is 606 g/mol. The van der Waals surface area contributed by atoms with Gasteiger partial charge in [0.05, 0.1) is 28.4 Å². The number of nitrogens with one attached hydrogen (secondary N) is 2. The van der Waals surface area contributed by atoms with Crippen molar-refractivity contribution in [3.63, 3.8) is 0 Å². The van der Waals surface area contributed by atoms with Gasteiger partial charge in [-0.2, -0.15) is 0 Å². The number of amides is 3. The van der Waals surface area contributed by atoms with Gasteiger partial charge < -0.3 is 15.4 Å². The molecule has 0 unspecified atom stereocenters. The lowest BCUT2D eigenvalue weighted by Gasteiger charge is -2.26. The molecule has 0 aliphatic carbocycles. The number of rotatable bonds is 8. The maximum atomic E-state index is 14.4. The van der Waals surface area contributed by atoms with Crippen molar-refractivity contribution >= 4 is 52.4 Å². The van der Waals surface area contributed by atoms with Crippen molar-refractivity contribution in [2.75, 3.05) is 13.1 Å². The normalized spacial score (nSPS) is 16.4. The molecule has 220 valence electrons. The molecule has 13 heteroatoms. The third-order valence-corrected chi connectivity index (χ3v) is 6.81. The minimum Gasteiger partial charge on any atom is -0.456 e. The standard InChI is InChI=1S/C28H32ClFN4O6S/c1-5-6-22(16-7-9-20(23(13-16)34(38)39)26(36)40-28(2,3)4)32-27(37)33-15-24(41)31-14-18(25(33)35)11-17-12-19(29)8-10-21(17)30/h7-10,12-13,18,22H,5-6,11,14-15H2,1-4H3,(H,31,41)(H,32,37)/t18-,22-/m1/s1. The van der Waals surface area contributed by atoms with E-state index in [2.05, 4.69) is 10.6 Å². The molecule has 2 aromatic carbocycles. The quantitative estimate of drug-likeness (QED) is 0.174. The molecule has 0 spiro atoms. The number of thiocarbonyl (C=S) groups is 1. The van der Waals surface area contributed by atoms with Gasteiger partial charge in [-0.3, -0.25) is 19.8 Å². The molecular formula is C28H32ClFN4O6S. The second-order valence-electron chi connectivity index (χ2n) is 10.7. The first kappa shape index (κ1) is 31.9. The number of halogens is 2. The summed E-state index contributed by atoms with van der Waals surface area (Å²) in [5, 5.41) is 17.9. The number of hydrogen-bond donors (Lipinski definition) is 2. The summed E-state index contributed by atoms with van der Waals surface area (Å²) in [6.45, 7) is 6.74. The predicted molar refractivity (Wildman–Crippen MR) is 155 cm³/mol. The van der Waals surface area contributed by atoms with Crippen molar-refractivity contribution in [3.8, 4) is 0 Å². The Kier molecular flexibility index (Phi) is 10.4. The SMILES string of the molecule is CCC[C@@H](NC(=O)N1CC(=S)NC[C@@H](Cc2cc(Cl)ccc2F)C1=O)c1ccc(C(=O)OC(C)(C)C)c([N+](=O)[O-])c1. The van der Waals surface area contributed by atoms with Crippen LogP contribution in [0, 0.1) is 21.8 Å². The molecule has 0 saturated carbocycles. The van der Waals surface area contributed by atoms with E-state index in [0.29, 0.717) is 23.4 Å². The van der Waals surface area contributed by atoms with Gasteiger partial charge in [-0.15, -0.1) is 0 Å². The van der Waals surface area contributed by atoms with Gasteiger partial charge in [-0.1, -0.05) is 43.2 Å². The Balaban J connectivity index is 1.87. The summed E-state index contributed by atoms with van der Waals surface area (Å²) >= 11 is 11.3. The fraction of sp³-hybridized carbons (Fsp3) is 0.429. The van der Waals surface area contributed by atoms with E-state index in [4.69, 9.17) is 28.6 Å². The fourth-order valence-electron chi connectivity index (χ4n) is 4.38. The average molecular weight is 607 g/mol. The van der Waals surface area contributed by atoms with Crippen LogP contribution >= 0.6 is 23.8 Å². The maximum Gasteiger partial charge on any atom is 0.345 e. The van der Waals surface area contributed by atoms with Crippen LogP contribution in [0.5, 0.6) is 0 Å². The van der Waals surface area contributed by atoms with Gasteiger partial charge in [0.1, 0.15) is 17.0 Å². The van der Waals surface area contributed by atoms with Crippen molar-refractivity contribution in [3.05, 3.63) is 74.0 Å². The maximum absolute atomic E-state index is 14.4. The Labute approximate surface area is 247 Å². The van der Waals surface area contributed by atoms with Gasteiger partial charge in [-0.25, -0.2) is 14.0 Å². The Morgan fingerprint density at radius 2 is 2.00 bits per heavy atom. The Hall–Kier alpha value is -3.64. The number of carbonyl (C=O) groups is 3. The van der Waals surface area contributed by atoms with E-state index in [0.717, 1.165) is 4.90 Å². The topological polar surface area (TPSA) is 131 Å². The van der Waals surface area contributed by atoms with Crippen LogP contribution in [0.2, 0.25) is 5.02 Å². The Bertz CT molecular complexity index is 1370. The zero-order valence-corrected chi connectivity index (χ0v) is 24.7. The highest BCUT2D eigenvalue weighted by atomic mass is 35.5. The number of esters is 1. The van der Waals surface area contributed by atoms with E-state index >= 15 is 0 Å². The number of imide groups is 1. The van der Waals surface area contributed by atoms with Crippen molar-refractivity contribution in [1.29, 1.82) is 0 Å². The lowest BCUT2D eigenvalue weighted by Crippen LogP contribution is -2.48. The second kappa shape index (κ2) is 13.3. The van der Waals surface area contributed by atoms with Crippen molar-refractivity contribution in [2.45, 2.75) is 58.6 Å². The largest absolute Gasteiger partial charge is 0.456 e. The summed E-state index contributed by atoms with van der Waals surface area (Å²) in [5.41, 5.74) is -0.933. The molecular weight excluding hydrogens is 575 g/mol. The van der Waals surface area contributed by atoms with Crippen molar-refractivity contribution in [2.24, 2.45) is 5.92 Å². The molecule has 1 aliphatic heterocycles. The lowest BCUT2D eigenvalue weighted by molar-refractivity contribution is -0.385. The number of ether oxygens (including phenoxy) is 1. The van der Waals surface area contributed by atoms with Crippen LogP contribution in [0.4, 0.5) is 14.9 Å². The first-order chi connectivity index (χ1) is 19.2. The first-order valence-corrected chi connectivity index (χ1v) is 13.8. The van der Waals surface area contributed by atoms with E-state index < -0.39 is 51.9 Å². The number of benzene rings is 2. The van der Waals surface area contributed by atoms with Crippen LogP contribution in [-0.2, 0) is 16.0 Å². The molecule has 2 aromatic rings. The zero-order valence-electron chi connectivity index (χ0n) is 23.2. The van der Waals surface area contributed by atoms with Gasteiger partial charge in [0.25, 0.3) is 5.69 Å². The molecule has 1 heterocycles. The van der Waals surface area contributed by atoms with E-state index in [1.807, 2.05) is 6.92 Å². The molecule has 1 aliphatic rings. The molecule has 2 atom stereocenters. The second-order valence-corrected chi connectivity index (χ2v) is 11.6. The van der Waals surface area contributed by atoms with E-state index in [1.54, 1.807) is 20.8 Å². The third kappa shape index (κ3) is 8.43. The minimum absolute atomic E-state index is 0.0126. The predicted octanol–water partition coefficient (Wildman–Crippen LogP) is 5.51. The molecule has 0 radical (unpaired) electrons. The van der Waals surface area contributed by atoms with Crippen LogP contribution in [-0.4, -0.2) is 51.4 Å². The Morgan fingerprint density at radius 1 is 1.29 bits per heavy atom. The summed E-state index contributed by atoms with van der Waals surface area (Å²) in [6.07, 6.45) is 0.967. The van der Waals surface area contributed by atoms with Gasteiger partial charge in [0.15, 0.2) is 0 Å². The highest BCUT2D eigenvalue weighted by Gasteiger charge is 2.35. The summed E-state index contributed by atoms with van der Waals surface area (Å²) in [6, 6.07) is 6.60. The molecule has 2 N–H and O–H groups in total. The van der Waals surface area contributed by atoms with Crippen molar-refractivity contribution < 1.29 is 28.4 Å². The molecule has 3 amide bonds. The molecule has 41 heavy (non-hydrogen) atoms. The van der Waals surface area contributed by atoms with E-state index in [1.165, 1.54) is 36.4 Å². The lowest BCUT2D eigenvalue weighted by atomic mass is 9.97. The molecule has 10 nitrogen and oxygen atoms in total. The molecule has 1 saturated heterocycles. The molecule has 0 bridgehead atoms. The van der Waals surface area contributed by atoms with Gasteiger partial charge in [0.2, 0.25) is 5.91 Å². The number of carbonyl (C=O) groups excluding carboxylic acids is 3. The summed E-state index contributed by atoms with van der Waals surface area (Å²) in [4.78, 5) is 51.9. The summed E-state index contributed by atoms with van der Waals surface area (Å²) < 4.78 is 19.7. The fourth-order valence-corrected chi connectivity index (χ4v) is 4.79. The number of urea groups is 1. The summed E-state index contributed by atoms with van der Waals surface area (Å²) in [7, 11) is 0. The van der Waals surface area contributed by atoms with Crippen LogP contribution in [0.3, 0.4) is 0 Å². The van der Waals surface area contributed by atoms with E-state index in [9.17, 15) is 28.9 Å². The summed E-state index contributed by atoms with van der Waals surface area (Å²) in [5.74, 6) is -2.74. The average Bonchev–Trinajstić information content (AvgIpc) is 3.02. The van der Waals surface area contributed by atoms with Gasteiger partial charge in [0, 0.05) is 17.6 Å². The number of nitrogens with zero attached hydrogens (tertiary/aromatic N) is 2.